The zero-order valence-corrected chi connectivity index (χ0v) is 24.6. The van der Waals surface area contributed by atoms with Gasteiger partial charge < -0.3 is 14.8 Å². The summed E-state index contributed by atoms with van der Waals surface area (Å²) in [6.07, 6.45) is 5.28. The van der Waals surface area contributed by atoms with Crippen LogP contribution in [0, 0.1) is 6.92 Å². The van der Waals surface area contributed by atoms with Crippen molar-refractivity contribution in [3.63, 3.8) is 0 Å². The monoisotopic (exact) mass is 562 g/mol. The molecule has 2 amide bonds. The number of aromatic nitrogens is 2. The van der Waals surface area contributed by atoms with Crippen LogP contribution in [0.2, 0.25) is 0 Å². The lowest BCUT2D eigenvalue weighted by Gasteiger charge is -2.28. The molecule has 0 spiro atoms. The minimum Gasteiger partial charge on any atom is -0.443 e. The summed E-state index contributed by atoms with van der Waals surface area (Å²) in [6, 6.07) is 3.77. The van der Waals surface area contributed by atoms with Crippen LogP contribution in [-0.2, 0) is 9.47 Å². The molecular formula is C27H39BrN4O4. The van der Waals surface area contributed by atoms with Crippen LogP contribution >= 0.6 is 15.9 Å². The Labute approximate surface area is 223 Å². The van der Waals surface area contributed by atoms with Gasteiger partial charge in [0.25, 0.3) is 0 Å². The Bertz CT molecular complexity index is 1030. The van der Waals surface area contributed by atoms with Crippen molar-refractivity contribution < 1.29 is 19.1 Å². The molecule has 0 atom stereocenters. The molecule has 2 heterocycles. The summed E-state index contributed by atoms with van der Waals surface area (Å²) in [5.74, 6) is 0.0928. The molecule has 0 bridgehead atoms. The van der Waals surface area contributed by atoms with Crippen LogP contribution in [0.15, 0.2) is 40.8 Å². The van der Waals surface area contributed by atoms with Gasteiger partial charge in [0.2, 0.25) is 0 Å². The van der Waals surface area contributed by atoms with Gasteiger partial charge in [-0.1, -0.05) is 25.5 Å². The molecule has 2 rings (SSSR count). The molecule has 198 valence electrons. The molecule has 1 N–H and O–H groups in total. The first kappa shape index (κ1) is 31.1. The fraction of sp³-hybridized carbons (Fsp3) is 0.481. The summed E-state index contributed by atoms with van der Waals surface area (Å²) in [7, 11) is 0. The first-order valence-electron chi connectivity index (χ1n) is 11.9. The standard InChI is InChI=1S/C25H33BrN4O4.C2H6/c1-16(14-28-18-9-11-27-12-10-18)13-19-17(2)15-29-21(20(19)26)30(22(31)33-24(3,4)5)23(32)34-25(6,7)8;1-2/h9-13,15H,14H2,1-8H3,(H,27,28);1-2H3/b16-13+;. The van der Waals surface area contributed by atoms with Gasteiger partial charge >= 0.3 is 12.2 Å². The van der Waals surface area contributed by atoms with Crippen LogP contribution in [0.25, 0.3) is 6.08 Å². The lowest BCUT2D eigenvalue weighted by atomic mass is 10.1. The highest BCUT2D eigenvalue weighted by Crippen LogP contribution is 2.33. The predicted octanol–water partition coefficient (Wildman–Crippen LogP) is 7.77. The summed E-state index contributed by atoms with van der Waals surface area (Å²) in [6.45, 7) is 18.8. The molecule has 0 aliphatic carbocycles. The third-order valence-corrected chi connectivity index (χ3v) is 5.03. The maximum Gasteiger partial charge on any atom is 0.425 e. The number of hydrogen-bond acceptors (Lipinski definition) is 7. The molecule has 8 nitrogen and oxygen atoms in total. The average molecular weight is 564 g/mol. The van der Waals surface area contributed by atoms with Gasteiger partial charge in [0.1, 0.15) is 11.2 Å². The van der Waals surface area contributed by atoms with Crippen molar-refractivity contribution in [3.8, 4) is 0 Å². The molecule has 0 fully saturated rings. The first-order chi connectivity index (χ1) is 16.7. The molecule has 0 unspecified atom stereocenters. The van der Waals surface area contributed by atoms with E-state index in [9.17, 15) is 9.59 Å². The Morgan fingerprint density at radius 2 is 1.53 bits per heavy atom. The van der Waals surface area contributed by atoms with Gasteiger partial charge in [0.05, 0.1) is 4.47 Å². The zero-order valence-electron chi connectivity index (χ0n) is 23.0. The number of hydrogen-bond donors (Lipinski definition) is 1. The largest absolute Gasteiger partial charge is 0.443 e. The number of nitrogens with zero attached hydrogens (tertiary/aromatic N) is 3. The van der Waals surface area contributed by atoms with E-state index in [4.69, 9.17) is 9.47 Å². The number of imide groups is 1. The number of pyridine rings is 2. The molecule has 2 aromatic heterocycles. The Morgan fingerprint density at radius 1 is 1.03 bits per heavy atom. The Morgan fingerprint density at radius 3 is 2.00 bits per heavy atom. The van der Waals surface area contributed by atoms with Gasteiger partial charge in [0, 0.05) is 30.8 Å². The highest BCUT2D eigenvalue weighted by atomic mass is 79.9. The Balaban J connectivity index is 0.00000316. The third kappa shape index (κ3) is 9.97. The van der Waals surface area contributed by atoms with E-state index in [-0.39, 0.29) is 5.82 Å². The quantitative estimate of drug-likeness (QED) is 0.397. The van der Waals surface area contributed by atoms with E-state index in [1.807, 2.05) is 45.9 Å². The lowest BCUT2D eigenvalue weighted by Crippen LogP contribution is -2.44. The third-order valence-electron chi connectivity index (χ3n) is 4.24. The first-order valence-corrected chi connectivity index (χ1v) is 12.7. The second kappa shape index (κ2) is 13.4. The fourth-order valence-electron chi connectivity index (χ4n) is 2.78. The topological polar surface area (TPSA) is 93.7 Å². The molecule has 9 heteroatoms. The maximum atomic E-state index is 13.0. The van der Waals surface area contributed by atoms with Crippen LogP contribution in [0.1, 0.15) is 73.4 Å². The summed E-state index contributed by atoms with van der Waals surface area (Å²) >= 11 is 3.56. The number of ether oxygens (including phenoxy) is 2. The molecule has 0 aromatic carbocycles. The maximum absolute atomic E-state index is 13.0. The Kier molecular flexibility index (Phi) is 11.6. The zero-order chi connectivity index (χ0) is 27.7. The SMILES string of the molecule is C/C(=C\c1c(C)cnc(N(C(=O)OC(C)(C)C)C(=O)OC(C)(C)C)c1Br)CNc1ccncc1.CC. The highest BCUT2D eigenvalue weighted by molar-refractivity contribution is 9.10. The van der Waals surface area contributed by atoms with Gasteiger partial charge in [-0.15, -0.1) is 0 Å². The Hall–Kier alpha value is -2.94. The number of halogens is 1. The van der Waals surface area contributed by atoms with Crippen molar-refractivity contribution in [2.24, 2.45) is 0 Å². The summed E-state index contributed by atoms with van der Waals surface area (Å²) in [4.78, 5) is 35.3. The number of carbonyl (C=O) groups excluding carboxylic acids is 2. The summed E-state index contributed by atoms with van der Waals surface area (Å²) < 4.78 is 11.4. The van der Waals surface area contributed by atoms with Gasteiger partial charge in [-0.05, 0) is 94.6 Å². The molecule has 0 saturated carbocycles. The van der Waals surface area contributed by atoms with Crippen LogP contribution in [0.4, 0.5) is 21.1 Å². The number of rotatable bonds is 5. The summed E-state index contributed by atoms with van der Waals surface area (Å²) in [5, 5.41) is 3.33. The van der Waals surface area contributed by atoms with Crippen LogP contribution < -0.4 is 10.2 Å². The van der Waals surface area contributed by atoms with Crippen LogP contribution in [0.3, 0.4) is 0 Å². The normalized spacial score (nSPS) is 11.7. The van der Waals surface area contributed by atoms with Crippen molar-refractivity contribution in [1.82, 2.24) is 9.97 Å². The van der Waals surface area contributed by atoms with Crippen LogP contribution in [0.5, 0.6) is 0 Å². The minimum absolute atomic E-state index is 0.0928. The molecular weight excluding hydrogens is 524 g/mol. The fourth-order valence-corrected chi connectivity index (χ4v) is 3.49. The van der Waals surface area contributed by atoms with E-state index in [2.05, 4.69) is 31.2 Å². The number of aryl methyl sites for hydroxylation is 1. The minimum atomic E-state index is -0.871. The number of carbonyl (C=O) groups is 2. The van der Waals surface area contributed by atoms with Crippen molar-refractivity contribution in [3.05, 3.63) is 51.9 Å². The number of amides is 2. The van der Waals surface area contributed by atoms with Gasteiger partial charge in [-0.25, -0.2) is 14.6 Å². The second-order valence-electron chi connectivity index (χ2n) is 9.87. The average Bonchev–Trinajstić information content (AvgIpc) is 2.76. The molecule has 0 saturated heterocycles. The van der Waals surface area contributed by atoms with Crippen molar-refractivity contribution in [2.45, 2.75) is 80.4 Å². The van der Waals surface area contributed by atoms with Gasteiger partial charge in [0.15, 0.2) is 5.82 Å². The van der Waals surface area contributed by atoms with Crippen molar-refractivity contribution in [1.29, 1.82) is 0 Å². The van der Waals surface area contributed by atoms with E-state index in [1.54, 1.807) is 60.1 Å². The molecule has 0 aliphatic heterocycles. The van der Waals surface area contributed by atoms with E-state index < -0.39 is 23.4 Å². The van der Waals surface area contributed by atoms with Crippen molar-refractivity contribution >= 4 is 45.7 Å². The van der Waals surface area contributed by atoms with Gasteiger partial charge in [-0.3, -0.25) is 4.98 Å². The van der Waals surface area contributed by atoms with E-state index in [0.717, 1.165) is 27.3 Å². The van der Waals surface area contributed by atoms with Crippen LogP contribution in [-0.4, -0.2) is 39.9 Å². The number of nitrogens with one attached hydrogen (secondary N) is 1. The van der Waals surface area contributed by atoms with E-state index in [1.165, 1.54) is 0 Å². The molecule has 0 aliphatic rings. The smallest absolute Gasteiger partial charge is 0.425 e. The predicted molar refractivity (Wildman–Crippen MR) is 149 cm³/mol. The molecule has 2 aromatic rings. The highest BCUT2D eigenvalue weighted by Gasteiger charge is 2.35. The van der Waals surface area contributed by atoms with E-state index >= 15 is 0 Å². The van der Waals surface area contributed by atoms with Crippen molar-refractivity contribution in [2.75, 3.05) is 16.8 Å². The van der Waals surface area contributed by atoms with E-state index in [0.29, 0.717) is 11.0 Å². The second-order valence-corrected chi connectivity index (χ2v) is 10.7. The molecule has 0 radical (unpaired) electrons. The lowest BCUT2D eigenvalue weighted by molar-refractivity contribution is 0.0428. The number of anilines is 2. The molecule has 36 heavy (non-hydrogen) atoms. The summed E-state index contributed by atoms with van der Waals surface area (Å²) in [5.41, 5.74) is 2.01. The van der Waals surface area contributed by atoms with Gasteiger partial charge in [-0.2, -0.15) is 4.90 Å².